The van der Waals surface area contributed by atoms with E-state index in [0.717, 1.165) is 21.6 Å². The maximum Gasteiger partial charge on any atom is 0.252 e. The Bertz CT molecular complexity index is 815. The maximum atomic E-state index is 12.5. The first-order chi connectivity index (χ1) is 11.8. The van der Waals surface area contributed by atoms with E-state index < -0.39 is 0 Å². The fraction of sp³-hybridized carbons (Fsp3) is 0.158. The molecule has 0 fully saturated rings. The monoisotopic (exact) mass is 337 g/mol. The van der Waals surface area contributed by atoms with Gasteiger partial charge in [0.2, 0.25) is 0 Å². The van der Waals surface area contributed by atoms with Crippen LogP contribution in [-0.4, -0.2) is 21.9 Å². The summed E-state index contributed by atoms with van der Waals surface area (Å²) in [5.41, 5.74) is 2.97. The molecule has 0 aliphatic carbocycles. The van der Waals surface area contributed by atoms with Crippen molar-refractivity contribution in [1.82, 2.24) is 15.1 Å². The molecule has 3 rings (SSSR count). The molecule has 0 aliphatic heterocycles. The third-order valence-corrected chi connectivity index (χ3v) is 4.60. The smallest absolute Gasteiger partial charge is 0.252 e. The topological polar surface area (TPSA) is 46.9 Å². The van der Waals surface area contributed by atoms with Gasteiger partial charge >= 0.3 is 0 Å². The van der Waals surface area contributed by atoms with E-state index in [1.165, 1.54) is 0 Å². The van der Waals surface area contributed by atoms with Crippen LogP contribution in [0.4, 0.5) is 0 Å². The molecule has 0 unspecified atom stereocenters. The molecule has 0 saturated heterocycles. The van der Waals surface area contributed by atoms with E-state index in [-0.39, 0.29) is 5.91 Å². The summed E-state index contributed by atoms with van der Waals surface area (Å²) >= 11 is 1.58. The second-order valence-electron chi connectivity index (χ2n) is 5.36. The summed E-state index contributed by atoms with van der Waals surface area (Å²) in [7, 11) is 0. The van der Waals surface area contributed by atoms with E-state index in [0.29, 0.717) is 13.1 Å². The Balaban J connectivity index is 1.71. The standard InChI is InChI=1S/C19H19N3OS/c1-24-18-10-5-4-9-17(18)19(23)20-13-15-7-2-3-8-16(15)14-22-12-6-11-21-22/h2-12H,13-14H2,1H3,(H,20,23). The Labute approximate surface area is 145 Å². The van der Waals surface area contributed by atoms with Crippen LogP contribution in [0.1, 0.15) is 21.5 Å². The van der Waals surface area contributed by atoms with E-state index >= 15 is 0 Å². The quantitative estimate of drug-likeness (QED) is 0.699. The molecule has 1 N–H and O–H groups in total. The lowest BCUT2D eigenvalue weighted by molar-refractivity contribution is 0.0948. The van der Waals surface area contributed by atoms with Gasteiger partial charge in [0.05, 0.1) is 12.1 Å². The Morgan fingerprint density at radius 1 is 1.08 bits per heavy atom. The predicted molar refractivity (Wildman–Crippen MR) is 97.2 cm³/mol. The number of nitrogens with one attached hydrogen (secondary N) is 1. The number of thioether (sulfide) groups is 1. The van der Waals surface area contributed by atoms with E-state index in [2.05, 4.69) is 16.5 Å². The number of carbonyl (C=O) groups is 1. The molecule has 2 aromatic carbocycles. The molecule has 1 aromatic heterocycles. The average Bonchev–Trinajstić information content (AvgIpc) is 3.13. The van der Waals surface area contributed by atoms with Crippen molar-refractivity contribution in [3.8, 4) is 0 Å². The summed E-state index contributed by atoms with van der Waals surface area (Å²) in [6.45, 7) is 1.19. The van der Waals surface area contributed by atoms with Gasteiger partial charge in [-0.05, 0) is 35.6 Å². The molecule has 0 radical (unpaired) electrons. The molecule has 1 amide bonds. The van der Waals surface area contributed by atoms with Crippen molar-refractivity contribution < 1.29 is 4.79 Å². The lowest BCUT2D eigenvalue weighted by atomic mass is 10.1. The van der Waals surface area contributed by atoms with E-state index in [1.807, 2.05) is 65.7 Å². The average molecular weight is 337 g/mol. The summed E-state index contributed by atoms with van der Waals surface area (Å²) < 4.78 is 1.88. The minimum Gasteiger partial charge on any atom is -0.348 e. The fourth-order valence-corrected chi connectivity index (χ4v) is 3.15. The number of nitrogens with zero attached hydrogens (tertiary/aromatic N) is 2. The predicted octanol–water partition coefficient (Wildman–Crippen LogP) is 3.58. The molecule has 4 nitrogen and oxygen atoms in total. The number of carbonyl (C=O) groups excluding carboxylic acids is 1. The van der Waals surface area contributed by atoms with Crippen LogP contribution >= 0.6 is 11.8 Å². The second-order valence-corrected chi connectivity index (χ2v) is 6.20. The molecule has 0 saturated carbocycles. The van der Waals surface area contributed by atoms with Crippen molar-refractivity contribution in [1.29, 1.82) is 0 Å². The van der Waals surface area contributed by atoms with Crippen molar-refractivity contribution in [2.45, 2.75) is 18.0 Å². The third kappa shape index (κ3) is 3.86. The van der Waals surface area contributed by atoms with Crippen LogP contribution in [0, 0.1) is 0 Å². The number of benzene rings is 2. The third-order valence-electron chi connectivity index (χ3n) is 3.80. The zero-order chi connectivity index (χ0) is 16.8. The van der Waals surface area contributed by atoms with Gasteiger partial charge in [0.1, 0.15) is 0 Å². The lowest BCUT2D eigenvalue weighted by Gasteiger charge is -2.12. The van der Waals surface area contributed by atoms with Gasteiger partial charge in [-0.3, -0.25) is 9.48 Å². The summed E-state index contributed by atoms with van der Waals surface area (Å²) in [6, 6.07) is 17.7. The van der Waals surface area contributed by atoms with Gasteiger partial charge < -0.3 is 5.32 Å². The number of amides is 1. The van der Waals surface area contributed by atoms with Crippen molar-refractivity contribution in [3.05, 3.63) is 83.7 Å². The number of aromatic nitrogens is 2. The van der Waals surface area contributed by atoms with E-state index in [4.69, 9.17) is 0 Å². The highest BCUT2D eigenvalue weighted by Crippen LogP contribution is 2.20. The minimum absolute atomic E-state index is 0.0474. The molecule has 0 bridgehead atoms. The van der Waals surface area contributed by atoms with Crippen LogP contribution in [-0.2, 0) is 13.1 Å². The minimum atomic E-state index is -0.0474. The van der Waals surface area contributed by atoms with Crippen LogP contribution in [0.2, 0.25) is 0 Å². The van der Waals surface area contributed by atoms with Gasteiger partial charge in [-0.1, -0.05) is 36.4 Å². The Morgan fingerprint density at radius 3 is 2.58 bits per heavy atom. The maximum absolute atomic E-state index is 12.5. The van der Waals surface area contributed by atoms with Gasteiger partial charge in [-0.15, -0.1) is 11.8 Å². The number of hydrogen-bond donors (Lipinski definition) is 1. The zero-order valence-electron chi connectivity index (χ0n) is 13.5. The lowest BCUT2D eigenvalue weighted by Crippen LogP contribution is -2.24. The summed E-state index contributed by atoms with van der Waals surface area (Å²) in [5, 5.41) is 7.27. The van der Waals surface area contributed by atoms with Gasteiger partial charge in [0.15, 0.2) is 0 Å². The molecule has 122 valence electrons. The largest absolute Gasteiger partial charge is 0.348 e. The van der Waals surface area contributed by atoms with Gasteiger partial charge in [0, 0.05) is 23.8 Å². The number of hydrogen-bond acceptors (Lipinski definition) is 3. The van der Waals surface area contributed by atoms with Gasteiger partial charge in [-0.2, -0.15) is 5.10 Å². The van der Waals surface area contributed by atoms with E-state index in [9.17, 15) is 4.79 Å². The van der Waals surface area contributed by atoms with Crippen molar-refractivity contribution in [2.75, 3.05) is 6.26 Å². The molecule has 3 aromatic rings. The first-order valence-corrected chi connectivity index (χ1v) is 8.96. The highest BCUT2D eigenvalue weighted by atomic mass is 32.2. The van der Waals surface area contributed by atoms with Crippen molar-refractivity contribution >= 4 is 17.7 Å². The second kappa shape index (κ2) is 7.84. The summed E-state index contributed by atoms with van der Waals surface area (Å²) in [4.78, 5) is 13.5. The molecule has 1 heterocycles. The van der Waals surface area contributed by atoms with Crippen LogP contribution in [0.5, 0.6) is 0 Å². The normalized spacial score (nSPS) is 10.5. The van der Waals surface area contributed by atoms with Crippen LogP contribution in [0.15, 0.2) is 71.9 Å². The van der Waals surface area contributed by atoms with Crippen molar-refractivity contribution in [2.24, 2.45) is 0 Å². The fourth-order valence-electron chi connectivity index (χ4n) is 2.56. The van der Waals surface area contributed by atoms with Crippen LogP contribution in [0.3, 0.4) is 0 Å². The Hall–Kier alpha value is -2.53. The molecule has 0 spiro atoms. The van der Waals surface area contributed by atoms with Crippen LogP contribution in [0.25, 0.3) is 0 Å². The SMILES string of the molecule is CSc1ccccc1C(=O)NCc1ccccc1Cn1cccn1. The molecule has 0 atom stereocenters. The van der Waals surface area contributed by atoms with Crippen molar-refractivity contribution in [3.63, 3.8) is 0 Å². The molecular formula is C19H19N3OS. The highest BCUT2D eigenvalue weighted by Gasteiger charge is 2.11. The Morgan fingerprint density at radius 2 is 1.83 bits per heavy atom. The first-order valence-electron chi connectivity index (χ1n) is 7.73. The number of rotatable bonds is 6. The summed E-state index contributed by atoms with van der Waals surface area (Å²) in [6.07, 6.45) is 5.68. The van der Waals surface area contributed by atoms with Gasteiger partial charge in [0.25, 0.3) is 5.91 Å². The molecule has 0 aliphatic rings. The molecular weight excluding hydrogens is 318 g/mol. The van der Waals surface area contributed by atoms with Crippen LogP contribution < -0.4 is 5.32 Å². The first kappa shape index (κ1) is 16.3. The Kier molecular flexibility index (Phi) is 5.33. The molecule has 24 heavy (non-hydrogen) atoms. The highest BCUT2D eigenvalue weighted by molar-refractivity contribution is 7.98. The van der Waals surface area contributed by atoms with Gasteiger partial charge in [-0.25, -0.2) is 0 Å². The summed E-state index contributed by atoms with van der Waals surface area (Å²) in [5.74, 6) is -0.0474. The van der Waals surface area contributed by atoms with E-state index in [1.54, 1.807) is 18.0 Å². The molecule has 5 heteroatoms. The zero-order valence-corrected chi connectivity index (χ0v) is 14.3.